The summed E-state index contributed by atoms with van der Waals surface area (Å²) in [6.07, 6.45) is 0. The van der Waals surface area contributed by atoms with Crippen molar-refractivity contribution in [2.75, 3.05) is 5.32 Å². The van der Waals surface area contributed by atoms with Crippen LogP contribution in [0.5, 0.6) is 0 Å². The zero-order valence-corrected chi connectivity index (χ0v) is 15.7. The van der Waals surface area contributed by atoms with E-state index in [4.69, 9.17) is 11.6 Å². The molecule has 0 radical (unpaired) electrons. The van der Waals surface area contributed by atoms with Crippen molar-refractivity contribution in [2.24, 2.45) is 0 Å². The first-order valence-corrected chi connectivity index (χ1v) is 9.45. The van der Waals surface area contributed by atoms with Crippen LogP contribution in [0.2, 0.25) is 5.02 Å². The van der Waals surface area contributed by atoms with Crippen LogP contribution >= 0.6 is 34.7 Å². The molecule has 1 aromatic carbocycles. The SMILES string of the molecule is C[C@@H](Sc1n[nH]c(-c2cccs2)n1)C(=O)Nc1ccc([N+](=O)[O-])cc1Cl. The summed E-state index contributed by atoms with van der Waals surface area (Å²) in [5.74, 6) is 0.335. The number of aromatic nitrogens is 3. The molecule has 26 heavy (non-hydrogen) atoms. The summed E-state index contributed by atoms with van der Waals surface area (Å²) in [7, 11) is 0. The van der Waals surface area contributed by atoms with E-state index in [9.17, 15) is 14.9 Å². The molecule has 2 heterocycles. The predicted molar refractivity (Wildman–Crippen MR) is 102 cm³/mol. The number of non-ortho nitro benzene ring substituents is 1. The Kier molecular flexibility index (Phi) is 5.55. The number of thiophene rings is 1. The number of carbonyl (C=O) groups excluding carboxylic acids is 1. The van der Waals surface area contributed by atoms with Gasteiger partial charge in [-0.3, -0.25) is 20.0 Å². The summed E-state index contributed by atoms with van der Waals surface area (Å²) < 4.78 is 0. The molecule has 0 fully saturated rings. The topological polar surface area (TPSA) is 114 Å². The minimum absolute atomic E-state index is 0.0997. The highest BCUT2D eigenvalue weighted by atomic mass is 35.5. The molecule has 0 saturated carbocycles. The van der Waals surface area contributed by atoms with E-state index in [2.05, 4.69) is 20.5 Å². The van der Waals surface area contributed by atoms with Gasteiger partial charge in [0.1, 0.15) is 0 Å². The second kappa shape index (κ2) is 7.85. The molecule has 2 aromatic heterocycles. The number of hydrogen-bond donors (Lipinski definition) is 2. The van der Waals surface area contributed by atoms with Crippen molar-refractivity contribution in [2.45, 2.75) is 17.3 Å². The van der Waals surface area contributed by atoms with Crippen molar-refractivity contribution in [3.05, 3.63) is 50.8 Å². The summed E-state index contributed by atoms with van der Waals surface area (Å²) in [5, 5.41) is 22.3. The molecule has 0 bridgehead atoms. The lowest BCUT2D eigenvalue weighted by molar-refractivity contribution is -0.384. The number of benzene rings is 1. The van der Waals surface area contributed by atoms with Crippen molar-refractivity contribution in [1.82, 2.24) is 15.2 Å². The molecule has 0 aliphatic carbocycles. The van der Waals surface area contributed by atoms with Gasteiger partial charge in [0, 0.05) is 12.1 Å². The number of hydrogen-bond acceptors (Lipinski definition) is 7. The number of rotatable bonds is 6. The Morgan fingerprint density at radius 3 is 2.92 bits per heavy atom. The van der Waals surface area contributed by atoms with Gasteiger partial charge in [-0.15, -0.1) is 16.4 Å². The fourth-order valence-corrected chi connectivity index (χ4v) is 3.60. The van der Waals surface area contributed by atoms with Crippen LogP contribution < -0.4 is 5.32 Å². The number of aromatic amines is 1. The molecule has 0 aliphatic heterocycles. The minimum Gasteiger partial charge on any atom is -0.324 e. The van der Waals surface area contributed by atoms with Crippen LogP contribution in [0.1, 0.15) is 6.92 Å². The zero-order chi connectivity index (χ0) is 18.7. The molecule has 2 N–H and O–H groups in total. The van der Waals surface area contributed by atoms with E-state index in [0.29, 0.717) is 16.7 Å². The molecule has 8 nitrogen and oxygen atoms in total. The van der Waals surface area contributed by atoms with Crippen molar-refractivity contribution in [1.29, 1.82) is 0 Å². The Morgan fingerprint density at radius 2 is 2.27 bits per heavy atom. The van der Waals surface area contributed by atoms with Gasteiger partial charge in [-0.1, -0.05) is 29.4 Å². The quantitative estimate of drug-likeness (QED) is 0.358. The number of anilines is 1. The first kappa shape index (κ1) is 18.4. The molecular weight excluding hydrogens is 398 g/mol. The van der Waals surface area contributed by atoms with Crippen LogP contribution in [0.15, 0.2) is 40.9 Å². The smallest absolute Gasteiger partial charge is 0.271 e. The molecule has 1 amide bonds. The minimum atomic E-state index is -0.551. The Hall–Kier alpha value is -2.43. The van der Waals surface area contributed by atoms with E-state index in [1.54, 1.807) is 6.92 Å². The summed E-state index contributed by atoms with van der Waals surface area (Å²) in [6.45, 7) is 1.71. The van der Waals surface area contributed by atoms with Crippen LogP contribution in [-0.2, 0) is 4.79 Å². The highest BCUT2D eigenvalue weighted by Gasteiger charge is 2.19. The summed E-state index contributed by atoms with van der Waals surface area (Å²) >= 11 is 8.72. The second-order valence-corrected chi connectivity index (χ2v) is 7.78. The third kappa shape index (κ3) is 4.21. The number of nitrogens with one attached hydrogen (secondary N) is 2. The standard InChI is InChI=1S/C15H12ClN5O3S2/c1-8(26-15-18-13(19-20-15)12-3-2-6-25-12)14(22)17-11-5-4-9(21(23)24)7-10(11)16/h2-8H,1H3,(H,17,22)(H,18,19,20)/t8-/m1/s1. The van der Waals surface area contributed by atoms with Crippen molar-refractivity contribution < 1.29 is 9.72 Å². The number of carbonyl (C=O) groups is 1. The molecular formula is C15H12ClN5O3S2. The third-order valence-electron chi connectivity index (χ3n) is 3.29. The average Bonchev–Trinajstić information content (AvgIpc) is 3.27. The van der Waals surface area contributed by atoms with Crippen LogP contribution in [0.3, 0.4) is 0 Å². The van der Waals surface area contributed by atoms with Gasteiger partial charge in [0.05, 0.1) is 25.8 Å². The Labute approximate surface area is 161 Å². The van der Waals surface area contributed by atoms with Gasteiger partial charge in [-0.2, -0.15) is 0 Å². The number of nitro benzene ring substituents is 1. The van der Waals surface area contributed by atoms with E-state index < -0.39 is 10.2 Å². The maximum atomic E-state index is 12.3. The van der Waals surface area contributed by atoms with E-state index in [1.807, 2.05) is 17.5 Å². The zero-order valence-electron chi connectivity index (χ0n) is 13.3. The van der Waals surface area contributed by atoms with Gasteiger partial charge in [0.2, 0.25) is 11.1 Å². The van der Waals surface area contributed by atoms with Gasteiger partial charge >= 0.3 is 0 Å². The van der Waals surface area contributed by atoms with Crippen LogP contribution in [0, 0.1) is 10.1 Å². The molecule has 11 heteroatoms. The lowest BCUT2D eigenvalue weighted by Gasteiger charge is -2.11. The number of nitrogens with zero attached hydrogens (tertiary/aromatic N) is 3. The molecule has 0 unspecified atom stereocenters. The number of H-pyrrole nitrogens is 1. The molecule has 0 spiro atoms. The van der Waals surface area contributed by atoms with Gasteiger partial charge in [-0.25, -0.2) is 4.98 Å². The monoisotopic (exact) mass is 409 g/mol. The van der Waals surface area contributed by atoms with Gasteiger partial charge in [0.15, 0.2) is 5.82 Å². The first-order valence-electron chi connectivity index (χ1n) is 7.32. The van der Waals surface area contributed by atoms with Gasteiger partial charge in [-0.05, 0) is 24.4 Å². The Bertz CT molecular complexity index is 945. The fourth-order valence-electron chi connectivity index (χ4n) is 1.99. The predicted octanol–water partition coefficient (Wildman–Crippen LogP) is 4.21. The van der Waals surface area contributed by atoms with Gasteiger partial charge in [0.25, 0.3) is 5.69 Å². The van der Waals surface area contributed by atoms with E-state index in [1.165, 1.54) is 41.3 Å². The average molecular weight is 410 g/mol. The Morgan fingerprint density at radius 1 is 1.46 bits per heavy atom. The fraction of sp³-hybridized carbons (Fsp3) is 0.133. The number of amides is 1. The lowest BCUT2D eigenvalue weighted by atomic mass is 10.2. The lowest BCUT2D eigenvalue weighted by Crippen LogP contribution is -2.22. The van der Waals surface area contributed by atoms with Crippen LogP contribution in [-0.4, -0.2) is 31.3 Å². The van der Waals surface area contributed by atoms with E-state index in [-0.39, 0.29) is 16.6 Å². The normalized spacial score (nSPS) is 11.9. The molecule has 3 aromatic rings. The summed E-state index contributed by atoms with van der Waals surface area (Å²) in [4.78, 5) is 27.8. The highest BCUT2D eigenvalue weighted by Crippen LogP contribution is 2.29. The van der Waals surface area contributed by atoms with Crippen molar-refractivity contribution in [3.8, 4) is 10.7 Å². The Balaban J connectivity index is 1.64. The molecule has 134 valence electrons. The number of halogens is 1. The van der Waals surface area contributed by atoms with Crippen molar-refractivity contribution >= 4 is 52.0 Å². The van der Waals surface area contributed by atoms with E-state index in [0.717, 1.165) is 4.88 Å². The van der Waals surface area contributed by atoms with Crippen LogP contribution in [0.25, 0.3) is 10.7 Å². The highest BCUT2D eigenvalue weighted by molar-refractivity contribution is 8.00. The van der Waals surface area contributed by atoms with Crippen LogP contribution in [0.4, 0.5) is 11.4 Å². The molecule has 0 aliphatic rings. The number of thioether (sulfide) groups is 1. The van der Waals surface area contributed by atoms with E-state index >= 15 is 0 Å². The number of nitro groups is 1. The summed E-state index contributed by atoms with van der Waals surface area (Å²) in [5.41, 5.74) is 0.168. The maximum Gasteiger partial charge on any atom is 0.271 e. The molecule has 0 saturated heterocycles. The largest absolute Gasteiger partial charge is 0.324 e. The summed E-state index contributed by atoms with van der Waals surface area (Å²) in [6, 6.07) is 7.71. The second-order valence-electron chi connectivity index (χ2n) is 5.11. The first-order chi connectivity index (χ1) is 12.4. The molecule has 3 rings (SSSR count). The van der Waals surface area contributed by atoms with Crippen molar-refractivity contribution in [3.63, 3.8) is 0 Å². The molecule has 1 atom stereocenters. The van der Waals surface area contributed by atoms with Gasteiger partial charge < -0.3 is 5.32 Å². The third-order valence-corrected chi connectivity index (χ3v) is 5.44. The maximum absolute atomic E-state index is 12.3.